The number of carbonyl (C=O) groups is 2. The number of benzene rings is 1. The molecule has 0 fully saturated rings. The Labute approximate surface area is 127 Å². The van der Waals surface area contributed by atoms with E-state index in [0.29, 0.717) is 18.1 Å². The number of hydrogen-bond donors (Lipinski definition) is 2. The van der Waals surface area contributed by atoms with Crippen LogP contribution in [0.2, 0.25) is 5.02 Å². The van der Waals surface area contributed by atoms with Crippen molar-refractivity contribution in [3.8, 4) is 5.75 Å². The first-order valence-electron chi connectivity index (χ1n) is 6.54. The molecule has 1 unspecified atom stereocenters. The maximum atomic E-state index is 12.0. The second-order valence-corrected chi connectivity index (χ2v) is 5.14. The molecule has 1 aromatic rings. The minimum atomic E-state index is -1.03. The van der Waals surface area contributed by atoms with Crippen LogP contribution in [0.3, 0.4) is 0 Å². The van der Waals surface area contributed by atoms with Crippen LogP contribution >= 0.6 is 11.6 Å². The Balaban J connectivity index is 1.78. The van der Waals surface area contributed by atoms with Gasteiger partial charge in [-0.15, -0.1) is 0 Å². The van der Waals surface area contributed by atoms with Gasteiger partial charge in [-0.2, -0.15) is 0 Å². The van der Waals surface area contributed by atoms with E-state index in [1.54, 1.807) is 18.2 Å². The van der Waals surface area contributed by atoms with Gasteiger partial charge < -0.3 is 19.9 Å². The average molecular weight is 314 g/mol. The molecule has 0 saturated heterocycles. The van der Waals surface area contributed by atoms with E-state index in [4.69, 9.17) is 26.2 Å². The summed E-state index contributed by atoms with van der Waals surface area (Å²) in [5, 5.41) is 11.7. The Hall–Kier alpha value is -1.79. The smallest absolute Gasteiger partial charge is 0.329 e. The molecule has 114 valence electrons. The van der Waals surface area contributed by atoms with E-state index < -0.39 is 5.97 Å². The SMILES string of the molecule is O=C(O)COCCNC(=O)C1COc2ccc(Cl)cc2C1. The Morgan fingerprint density at radius 3 is 3.05 bits per heavy atom. The van der Waals surface area contributed by atoms with Crippen molar-refractivity contribution in [2.45, 2.75) is 6.42 Å². The topological polar surface area (TPSA) is 84.9 Å². The monoisotopic (exact) mass is 313 g/mol. The number of halogens is 1. The van der Waals surface area contributed by atoms with Crippen LogP contribution in [-0.2, 0) is 20.7 Å². The molecule has 2 N–H and O–H groups in total. The number of fused-ring (bicyclic) bond motifs is 1. The molecule has 0 bridgehead atoms. The van der Waals surface area contributed by atoms with Crippen molar-refractivity contribution >= 4 is 23.5 Å². The van der Waals surface area contributed by atoms with Gasteiger partial charge in [0.1, 0.15) is 19.0 Å². The van der Waals surface area contributed by atoms with E-state index in [1.807, 2.05) is 0 Å². The Morgan fingerprint density at radius 2 is 2.29 bits per heavy atom. The molecule has 21 heavy (non-hydrogen) atoms. The Kier molecular flexibility index (Phi) is 5.41. The van der Waals surface area contributed by atoms with Crippen molar-refractivity contribution in [2.24, 2.45) is 5.92 Å². The van der Waals surface area contributed by atoms with Crippen LogP contribution in [0.5, 0.6) is 5.75 Å². The van der Waals surface area contributed by atoms with Crippen molar-refractivity contribution in [1.82, 2.24) is 5.32 Å². The number of ether oxygens (including phenoxy) is 2. The third kappa shape index (κ3) is 4.61. The predicted octanol–water partition coefficient (Wildman–Crippen LogP) is 1.11. The summed E-state index contributed by atoms with van der Waals surface area (Å²) in [4.78, 5) is 22.2. The normalized spacial score (nSPS) is 16.7. The second kappa shape index (κ2) is 7.28. The van der Waals surface area contributed by atoms with Crippen molar-refractivity contribution in [1.29, 1.82) is 0 Å². The van der Waals surface area contributed by atoms with E-state index in [1.165, 1.54) is 0 Å². The number of carboxylic acids is 1. The maximum absolute atomic E-state index is 12.0. The van der Waals surface area contributed by atoms with Gasteiger partial charge in [-0.1, -0.05) is 11.6 Å². The van der Waals surface area contributed by atoms with Gasteiger partial charge in [0.15, 0.2) is 0 Å². The molecule has 0 spiro atoms. The van der Waals surface area contributed by atoms with E-state index in [2.05, 4.69) is 5.32 Å². The fourth-order valence-corrected chi connectivity index (χ4v) is 2.28. The van der Waals surface area contributed by atoms with Gasteiger partial charge in [-0.25, -0.2) is 4.79 Å². The Bertz CT molecular complexity index is 534. The summed E-state index contributed by atoms with van der Waals surface area (Å²) >= 11 is 5.93. The fraction of sp³-hybridized carbons (Fsp3) is 0.429. The van der Waals surface area contributed by atoms with Crippen LogP contribution in [0, 0.1) is 5.92 Å². The van der Waals surface area contributed by atoms with Crippen LogP contribution < -0.4 is 10.1 Å². The summed E-state index contributed by atoms with van der Waals surface area (Å²) in [5.41, 5.74) is 0.913. The van der Waals surface area contributed by atoms with Crippen molar-refractivity contribution < 1.29 is 24.2 Å². The molecule has 1 aromatic carbocycles. The summed E-state index contributed by atoms with van der Waals surface area (Å²) in [6.07, 6.45) is 0.567. The zero-order valence-electron chi connectivity index (χ0n) is 11.3. The zero-order valence-corrected chi connectivity index (χ0v) is 12.1. The molecule has 7 heteroatoms. The van der Waals surface area contributed by atoms with E-state index in [-0.39, 0.29) is 31.6 Å². The molecule has 1 aliphatic heterocycles. The molecular weight excluding hydrogens is 298 g/mol. The lowest BCUT2D eigenvalue weighted by Gasteiger charge is -2.24. The number of amides is 1. The van der Waals surface area contributed by atoms with Gasteiger partial charge in [-0.3, -0.25) is 4.79 Å². The summed E-state index contributed by atoms with van der Waals surface area (Å²) in [6, 6.07) is 5.35. The van der Waals surface area contributed by atoms with Crippen LogP contribution in [0.25, 0.3) is 0 Å². The van der Waals surface area contributed by atoms with Gasteiger partial charge in [0.25, 0.3) is 0 Å². The van der Waals surface area contributed by atoms with Gasteiger partial charge in [0.05, 0.1) is 12.5 Å². The zero-order chi connectivity index (χ0) is 15.2. The molecule has 0 aromatic heterocycles. The summed E-state index contributed by atoms with van der Waals surface area (Å²) in [5.74, 6) is -0.696. The summed E-state index contributed by atoms with van der Waals surface area (Å²) < 4.78 is 10.4. The highest BCUT2D eigenvalue weighted by atomic mass is 35.5. The third-order valence-electron chi connectivity index (χ3n) is 3.07. The minimum absolute atomic E-state index is 0.139. The number of hydrogen-bond acceptors (Lipinski definition) is 4. The lowest BCUT2D eigenvalue weighted by molar-refractivity contribution is -0.142. The van der Waals surface area contributed by atoms with E-state index in [0.717, 1.165) is 11.3 Å². The predicted molar refractivity (Wildman–Crippen MR) is 75.6 cm³/mol. The molecule has 1 aliphatic rings. The number of aliphatic carboxylic acids is 1. The highest BCUT2D eigenvalue weighted by molar-refractivity contribution is 6.30. The summed E-state index contributed by atoms with van der Waals surface area (Å²) in [7, 11) is 0. The molecular formula is C14H16ClNO5. The van der Waals surface area contributed by atoms with Crippen LogP contribution in [-0.4, -0.2) is 43.3 Å². The van der Waals surface area contributed by atoms with Crippen molar-refractivity contribution in [3.05, 3.63) is 28.8 Å². The highest BCUT2D eigenvalue weighted by Crippen LogP contribution is 2.29. The van der Waals surface area contributed by atoms with Gasteiger partial charge in [0.2, 0.25) is 5.91 Å². The number of carbonyl (C=O) groups excluding carboxylic acids is 1. The first kappa shape index (κ1) is 15.6. The lowest BCUT2D eigenvalue weighted by atomic mass is 9.96. The average Bonchev–Trinajstić information content (AvgIpc) is 2.45. The molecule has 6 nitrogen and oxygen atoms in total. The highest BCUT2D eigenvalue weighted by Gasteiger charge is 2.25. The standard InChI is InChI=1S/C14H16ClNO5/c15-11-1-2-12-9(6-11)5-10(7-21-12)14(19)16-3-4-20-8-13(17)18/h1-2,6,10H,3-5,7-8H2,(H,16,19)(H,17,18). The molecule has 2 rings (SSSR count). The maximum Gasteiger partial charge on any atom is 0.329 e. The lowest BCUT2D eigenvalue weighted by Crippen LogP contribution is -2.38. The third-order valence-corrected chi connectivity index (χ3v) is 3.31. The molecule has 0 radical (unpaired) electrons. The second-order valence-electron chi connectivity index (χ2n) is 4.70. The fourth-order valence-electron chi connectivity index (χ4n) is 2.08. The number of nitrogens with one attached hydrogen (secondary N) is 1. The largest absolute Gasteiger partial charge is 0.492 e. The molecule has 0 saturated carbocycles. The van der Waals surface area contributed by atoms with Crippen LogP contribution in [0.1, 0.15) is 5.56 Å². The van der Waals surface area contributed by atoms with Crippen LogP contribution in [0.15, 0.2) is 18.2 Å². The first-order valence-corrected chi connectivity index (χ1v) is 6.92. The number of carboxylic acid groups (broad SMARTS) is 1. The van der Waals surface area contributed by atoms with Crippen LogP contribution in [0.4, 0.5) is 0 Å². The van der Waals surface area contributed by atoms with E-state index >= 15 is 0 Å². The molecule has 1 amide bonds. The molecule has 1 heterocycles. The van der Waals surface area contributed by atoms with Crippen molar-refractivity contribution in [3.63, 3.8) is 0 Å². The molecule has 1 atom stereocenters. The Morgan fingerprint density at radius 1 is 1.48 bits per heavy atom. The first-order chi connectivity index (χ1) is 10.1. The number of rotatable bonds is 6. The molecule has 0 aliphatic carbocycles. The minimum Gasteiger partial charge on any atom is -0.492 e. The van der Waals surface area contributed by atoms with Gasteiger partial charge in [0, 0.05) is 11.6 Å². The van der Waals surface area contributed by atoms with Gasteiger partial charge >= 0.3 is 5.97 Å². The van der Waals surface area contributed by atoms with E-state index in [9.17, 15) is 9.59 Å². The van der Waals surface area contributed by atoms with Crippen molar-refractivity contribution in [2.75, 3.05) is 26.4 Å². The summed E-state index contributed by atoms with van der Waals surface area (Å²) in [6.45, 7) is 0.379. The van der Waals surface area contributed by atoms with Gasteiger partial charge in [-0.05, 0) is 30.2 Å². The quantitative estimate of drug-likeness (QED) is 0.769.